The van der Waals surface area contributed by atoms with Gasteiger partial charge in [-0.05, 0) is 43.7 Å². The van der Waals surface area contributed by atoms with Crippen molar-refractivity contribution < 1.29 is 4.79 Å². The molecular formula is C18H25ClN2O. The van der Waals surface area contributed by atoms with E-state index < -0.39 is 0 Å². The van der Waals surface area contributed by atoms with Gasteiger partial charge in [0.1, 0.15) is 0 Å². The summed E-state index contributed by atoms with van der Waals surface area (Å²) in [6.45, 7) is 4.90. The van der Waals surface area contributed by atoms with E-state index in [1.165, 1.54) is 30.4 Å². The van der Waals surface area contributed by atoms with Crippen molar-refractivity contribution in [2.45, 2.75) is 44.1 Å². The monoisotopic (exact) mass is 320 g/mol. The van der Waals surface area contributed by atoms with E-state index in [1.54, 1.807) is 0 Å². The van der Waals surface area contributed by atoms with Crippen molar-refractivity contribution in [2.24, 2.45) is 5.92 Å². The second-order valence-electron chi connectivity index (χ2n) is 7.01. The average molecular weight is 321 g/mol. The van der Waals surface area contributed by atoms with Crippen molar-refractivity contribution >= 4 is 18.3 Å². The maximum absolute atomic E-state index is 13.0. The number of nitrogens with zero attached hydrogens (tertiary/aromatic N) is 1. The molecule has 0 aromatic heterocycles. The van der Waals surface area contributed by atoms with E-state index >= 15 is 0 Å². The molecule has 0 radical (unpaired) electrons. The largest absolute Gasteiger partial charge is 0.337 e. The Morgan fingerprint density at radius 2 is 2.18 bits per heavy atom. The van der Waals surface area contributed by atoms with Crippen molar-refractivity contribution in [1.29, 1.82) is 0 Å². The average Bonchev–Trinajstić information content (AvgIpc) is 3.22. The smallest absolute Gasteiger partial charge is 0.226 e. The molecular weight excluding hydrogens is 296 g/mol. The molecule has 1 aliphatic heterocycles. The van der Waals surface area contributed by atoms with Crippen molar-refractivity contribution in [3.05, 3.63) is 35.4 Å². The van der Waals surface area contributed by atoms with Crippen LogP contribution in [0.3, 0.4) is 0 Å². The molecule has 1 spiro atoms. The van der Waals surface area contributed by atoms with Crippen molar-refractivity contribution in [3.8, 4) is 0 Å². The highest BCUT2D eigenvalue weighted by atomic mass is 35.5. The Bertz CT molecular complexity index is 576. The topological polar surface area (TPSA) is 32.3 Å². The summed E-state index contributed by atoms with van der Waals surface area (Å²) in [4.78, 5) is 15.1. The second-order valence-corrected chi connectivity index (χ2v) is 7.01. The van der Waals surface area contributed by atoms with Gasteiger partial charge in [-0.15, -0.1) is 12.4 Å². The van der Waals surface area contributed by atoms with Crippen LogP contribution >= 0.6 is 12.4 Å². The first-order chi connectivity index (χ1) is 10.2. The third kappa shape index (κ3) is 2.35. The van der Waals surface area contributed by atoms with Crippen LogP contribution in [-0.4, -0.2) is 36.5 Å². The van der Waals surface area contributed by atoms with Crippen molar-refractivity contribution in [2.75, 3.05) is 19.6 Å². The normalized spacial score (nSPS) is 33.0. The lowest BCUT2D eigenvalue weighted by atomic mass is 9.78. The van der Waals surface area contributed by atoms with Crippen LogP contribution in [0, 0.1) is 5.92 Å². The zero-order valence-electron chi connectivity index (χ0n) is 13.2. The maximum Gasteiger partial charge on any atom is 0.226 e. The Morgan fingerprint density at radius 1 is 1.36 bits per heavy atom. The third-order valence-electron chi connectivity index (χ3n) is 5.78. The summed E-state index contributed by atoms with van der Waals surface area (Å²) < 4.78 is 0. The van der Waals surface area contributed by atoms with Gasteiger partial charge in [0.2, 0.25) is 5.91 Å². The molecule has 4 rings (SSSR count). The van der Waals surface area contributed by atoms with Gasteiger partial charge in [-0.2, -0.15) is 0 Å². The number of halogens is 1. The molecule has 3 aliphatic rings. The number of fused-ring (bicyclic) bond motifs is 2. The molecule has 2 fully saturated rings. The quantitative estimate of drug-likeness (QED) is 0.862. The van der Waals surface area contributed by atoms with E-state index in [2.05, 4.69) is 41.4 Å². The molecule has 0 bridgehead atoms. The van der Waals surface area contributed by atoms with Crippen LogP contribution < -0.4 is 5.32 Å². The molecule has 3 nitrogen and oxygen atoms in total. The lowest BCUT2D eigenvalue weighted by Gasteiger charge is -2.35. The molecule has 1 aromatic carbocycles. The fourth-order valence-electron chi connectivity index (χ4n) is 4.52. The summed E-state index contributed by atoms with van der Waals surface area (Å²) in [6.07, 6.45) is 4.68. The Balaban J connectivity index is 0.00000144. The second kappa shape index (κ2) is 5.86. The van der Waals surface area contributed by atoms with E-state index in [4.69, 9.17) is 0 Å². The molecule has 1 amide bonds. The van der Waals surface area contributed by atoms with E-state index in [9.17, 15) is 4.79 Å². The van der Waals surface area contributed by atoms with Gasteiger partial charge in [0.15, 0.2) is 0 Å². The minimum absolute atomic E-state index is 0. The number of carbonyl (C=O) groups is 1. The maximum atomic E-state index is 13.0. The molecule has 3 atom stereocenters. The van der Waals surface area contributed by atoms with Crippen LogP contribution in [0.25, 0.3) is 0 Å². The van der Waals surface area contributed by atoms with Gasteiger partial charge in [0.25, 0.3) is 0 Å². The van der Waals surface area contributed by atoms with Gasteiger partial charge in [-0.1, -0.05) is 24.3 Å². The van der Waals surface area contributed by atoms with Gasteiger partial charge in [-0.3, -0.25) is 4.79 Å². The van der Waals surface area contributed by atoms with Gasteiger partial charge in [-0.25, -0.2) is 0 Å². The van der Waals surface area contributed by atoms with E-state index in [-0.39, 0.29) is 23.7 Å². The minimum atomic E-state index is 0. The molecule has 2 unspecified atom stereocenters. The number of rotatable bonds is 1. The molecule has 2 aliphatic carbocycles. The highest BCUT2D eigenvalue weighted by Crippen LogP contribution is 2.60. The Labute approximate surface area is 138 Å². The number of hydrogen-bond acceptors (Lipinski definition) is 2. The van der Waals surface area contributed by atoms with Crippen LogP contribution in [0.4, 0.5) is 0 Å². The predicted octanol–water partition coefficient (Wildman–Crippen LogP) is 2.52. The van der Waals surface area contributed by atoms with Crippen molar-refractivity contribution in [3.63, 3.8) is 0 Å². The van der Waals surface area contributed by atoms with E-state index in [1.807, 2.05) is 0 Å². The van der Waals surface area contributed by atoms with Crippen LogP contribution in [0.15, 0.2) is 24.3 Å². The minimum Gasteiger partial charge on any atom is -0.337 e. The number of benzene rings is 1. The zero-order chi connectivity index (χ0) is 14.4. The fraction of sp³-hybridized carbons (Fsp3) is 0.611. The highest BCUT2D eigenvalue weighted by molar-refractivity contribution is 5.85. The standard InChI is InChI=1S/C18H24N2O.ClH/c1-13-12-19-9-10-20(13)17(21)16-11-18(16)8-4-6-14-5-2-3-7-15(14)18;/h2-3,5,7,13,16,19H,4,6,8-12H2,1H3;1H/t13-,16?,18?;/m0./s1. The first-order valence-electron chi connectivity index (χ1n) is 8.32. The number of piperazine rings is 1. The van der Waals surface area contributed by atoms with Gasteiger partial charge in [0, 0.05) is 37.0 Å². The van der Waals surface area contributed by atoms with Crippen LogP contribution in [0.2, 0.25) is 0 Å². The third-order valence-corrected chi connectivity index (χ3v) is 5.78. The Kier molecular flexibility index (Phi) is 4.21. The zero-order valence-corrected chi connectivity index (χ0v) is 14.0. The molecule has 22 heavy (non-hydrogen) atoms. The van der Waals surface area contributed by atoms with Gasteiger partial charge >= 0.3 is 0 Å². The predicted molar refractivity (Wildman–Crippen MR) is 90.5 cm³/mol. The summed E-state index contributed by atoms with van der Waals surface area (Å²) >= 11 is 0. The molecule has 4 heteroatoms. The number of nitrogens with one attached hydrogen (secondary N) is 1. The number of hydrogen-bond donors (Lipinski definition) is 1. The number of carbonyl (C=O) groups excluding carboxylic acids is 1. The van der Waals surface area contributed by atoms with Crippen LogP contribution in [-0.2, 0) is 16.6 Å². The fourth-order valence-corrected chi connectivity index (χ4v) is 4.52. The molecule has 1 heterocycles. The van der Waals surface area contributed by atoms with Crippen molar-refractivity contribution in [1.82, 2.24) is 10.2 Å². The SMILES string of the molecule is C[C@H]1CNCCN1C(=O)C1CC12CCCc1ccccc12.Cl. The highest BCUT2D eigenvalue weighted by Gasteiger charge is 2.61. The summed E-state index contributed by atoms with van der Waals surface area (Å²) in [5.41, 5.74) is 3.13. The summed E-state index contributed by atoms with van der Waals surface area (Å²) in [6, 6.07) is 9.13. The first kappa shape index (κ1) is 15.8. The molecule has 1 saturated carbocycles. The van der Waals surface area contributed by atoms with Gasteiger partial charge < -0.3 is 10.2 Å². The lowest BCUT2D eigenvalue weighted by molar-refractivity contribution is -0.135. The number of amides is 1. The molecule has 1 N–H and O–H groups in total. The van der Waals surface area contributed by atoms with Crippen LogP contribution in [0.5, 0.6) is 0 Å². The lowest BCUT2D eigenvalue weighted by Crippen LogP contribution is -2.53. The molecule has 1 aromatic rings. The van der Waals surface area contributed by atoms with E-state index in [0.29, 0.717) is 11.9 Å². The molecule has 120 valence electrons. The van der Waals surface area contributed by atoms with E-state index in [0.717, 1.165) is 26.1 Å². The van der Waals surface area contributed by atoms with Gasteiger partial charge in [0.05, 0.1) is 0 Å². The Hall–Kier alpha value is -1.06. The molecule has 1 saturated heterocycles. The van der Waals surface area contributed by atoms with Crippen LogP contribution in [0.1, 0.15) is 37.3 Å². The summed E-state index contributed by atoms with van der Waals surface area (Å²) in [5, 5.41) is 3.37. The summed E-state index contributed by atoms with van der Waals surface area (Å²) in [5.74, 6) is 0.639. The number of aryl methyl sites for hydroxylation is 1. The summed E-state index contributed by atoms with van der Waals surface area (Å²) in [7, 11) is 0. The first-order valence-corrected chi connectivity index (χ1v) is 8.32. The Morgan fingerprint density at radius 3 is 3.00 bits per heavy atom.